The van der Waals surface area contributed by atoms with Gasteiger partial charge in [0.15, 0.2) is 0 Å². The number of aryl methyl sites for hydroxylation is 1. The number of fused-ring (bicyclic) bond motifs is 1. The van der Waals surface area contributed by atoms with Crippen LogP contribution in [0.1, 0.15) is 29.4 Å². The molecule has 1 atom stereocenters. The van der Waals surface area contributed by atoms with Crippen LogP contribution < -0.4 is 10.3 Å². The summed E-state index contributed by atoms with van der Waals surface area (Å²) in [6, 6.07) is 10.3. The number of hydrogen-bond donors (Lipinski definition) is 0. The number of furan rings is 1. The summed E-state index contributed by atoms with van der Waals surface area (Å²) in [4.78, 5) is 24.9. The molecular formula is C20H15Cl2NO4. The maximum Gasteiger partial charge on any atom is 0.312 e. The van der Waals surface area contributed by atoms with Gasteiger partial charge < -0.3 is 13.7 Å². The number of benzene rings is 1. The summed E-state index contributed by atoms with van der Waals surface area (Å²) in [5.41, 5.74) is 1.61. The molecule has 0 spiro atoms. The summed E-state index contributed by atoms with van der Waals surface area (Å²) in [5, 5.41) is 0.983. The van der Waals surface area contributed by atoms with E-state index in [-0.39, 0.29) is 12.0 Å². The van der Waals surface area contributed by atoms with Gasteiger partial charge in [0, 0.05) is 29.4 Å². The molecule has 0 bridgehead atoms. The molecule has 1 aromatic carbocycles. The normalized spacial score (nSPS) is 16.1. The minimum absolute atomic E-state index is 0.0343. The molecule has 3 aromatic rings. The van der Waals surface area contributed by atoms with Gasteiger partial charge in [-0.05, 0) is 37.3 Å². The molecule has 138 valence electrons. The van der Waals surface area contributed by atoms with Gasteiger partial charge in [-0.25, -0.2) is 0 Å². The van der Waals surface area contributed by atoms with E-state index < -0.39 is 11.9 Å². The van der Waals surface area contributed by atoms with E-state index in [0.717, 1.165) is 0 Å². The number of halogens is 2. The van der Waals surface area contributed by atoms with Crippen molar-refractivity contribution in [1.29, 1.82) is 0 Å². The average Bonchev–Trinajstić information content (AvgIpc) is 3.08. The van der Waals surface area contributed by atoms with Crippen LogP contribution in [-0.2, 0) is 11.8 Å². The molecule has 5 nitrogen and oxygen atoms in total. The fourth-order valence-corrected chi connectivity index (χ4v) is 3.77. The molecule has 27 heavy (non-hydrogen) atoms. The average molecular weight is 404 g/mol. The highest BCUT2D eigenvalue weighted by Gasteiger charge is 2.34. The molecule has 3 heterocycles. The lowest BCUT2D eigenvalue weighted by Crippen LogP contribution is -2.31. The van der Waals surface area contributed by atoms with E-state index >= 15 is 0 Å². The molecule has 1 aliphatic rings. The van der Waals surface area contributed by atoms with Crippen molar-refractivity contribution < 1.29 is 13.9 Å². The molecular weight excluding hydrogens is 389 g/mol. The van der Waals surface area contributed by atoms with Crippen LogP contribution in [-0.4, -0.2) is 10.5 Å². The van der Waals surface area contributed by atoms with E-state index in [9.17, 15) is 9.59 Å². The first-order valence-electron chi connectivity index (χ1n) is 8.31. The summed E-state index contributed by atoms with van der Waals surface area (Å²) >= 11 is 12.2. The zero-order chi connectivity index (χ0) is 19.3. The Balaban J connectivity index is 1.82. The first-order valence-corrected chi connectivity index (χ1v) is 9.07. The summed E-state index contributed by atoms with van der Waals surface area (Å²) in [7, 11) is 1.69. The first kappa shape index (κ1) is 17.9. The van der Waals surface area contributed by atoms with Gasteiger partial charge in [-0.3, -0.25) is 9.59 Å². The molecule has 0 amide bonds. The quantitative estimate of drug-likeness (QED) is 0.581. The summed E-state index contributed by atoms with van der Waals surface area (Å²) in [6.45, 7) is 1.78. The van der Waals surface area contributed by atoms with Crippen LogP contribution in [0.2, 0.25) is 10.0 Å². The third-order valence-corrected chi connectivity index (χ3v) is 5.33. The van der Waals surface area contributed by atoms with Crippen LogP contribution in [0.15, 0.2) is 45.6 Å². The van der Waals surface area contributed by atoms with Crippen molar-refractivity contribution in [2.45, 2.75) is 19.3 Å². The van der Waals surface area contributed by atoms with Crippen LogP contribution >= 0.6 is 23.2 Å². The molecule has 0 aliphatic carbocycles. The molecule has 1 aliphatic heterocycles. The Morgan fingerprint density at radius 1 is 1.11 bits per heavy atom. The highest BCUT2D eigenvalue weighted by atomic mass is 35.5. The van der Waals surface area contributed by atoms with Crippen molar-refractivity contribution in [2.75, 3.05) is 0 Å². The van der Waals surface area contributed by atoms with Gasteiger partial charge in [-0.1, -0.05) is 23.2 Å². The second-order valence-corrected chi connectivity index (χ2v) is 7.33. The summed E-state index contributed by atoms with van der Waals surface area (Å²) in [6.07, 6.45) is 0.0343. The van der Waals surface area contributed by atoms with Crippen LogP contribution in [0.5, 0.6) is 5.75 Å². The van der Waals surface area contributed by atoms with E-state index in [4.69, 9.17) is 32.4 Å². The lowest BCUT2D eigenvalue weighted by molar-refractivity contribution is -0.135. The maximum absolute atomic E-state index is 12.8. The predicted octanol–water partition coefficient (Wildman–Crippen LogP) is 4.70. The number of ether oxygens (including phenoxy) is 1. The molecule has 2 aromatic heterocycles. The minimum atomic E-state index is -0.514. The predicted molar refractivity (Wildman–Crippen MR) is 103 cm³/mol. The Labute approximate surface area is 165 Å². The molecule has 0 saturated carbocycles. The number of rotatable bonds is 2. The van der Waals surface area contributed by atoms with Gasteiger partial charge in [-0.2, -0.15) is 0 Å². The molecule has 0 fully saturated rings. The number of carbonyl (C=O) groups excluding carboxylic acids is 1. The fraction of sp³-hybridized carbons (Fsp3) is 0.200. The lowest BCUT2D eigenvalue weighted by atomic mass is 9.91. The van der Waals surface area contributed by atoms with E-state index in [0.29, 0.717) is 44.1 Å². The smallest absolute Gasteiger partial charge is 0.312 e. The van der Waals surface area contributed by atoms with Crippen LogP contribution in [0.25, 0.3) is 11.3 Å². The second-order valence-electron chi connectivity index (χ2n) is 6.48. The molecule has 0 saturated heterocycles. The second kappa shape index (κ2) is 6.59. The standard InChI is InChI=1S/C20H15Cl2NO4/c1-10-7-17-19(20(25)23(10)2)13(9-18(24)27-17)16-6-5-15(26-16)12-4-3-11(21)8-14(12)22/h3-8,13H,9H2,1-2H3/t13-/m1/s1. The topological polar surface area (TPSA) is 61.4 Å². The largest absolute Gasteiger partial charge is 0.460 e. The SMILES string of the molecule is Cc1cc2c(c(=O)n1C)[C@@H](c1ccc(-c3ccc(Cl)cc3Cl)o1)CC(=O)O2. The fourth-order valence-electron chi connectivity index (χ4n) is 3.27. The number of pyridine rings is 1. The Morgan fingerprint density at radius 3 is 2.63 bits per heavy atom. The van der Waals surface area contributed by atoms with Crippen molar-refractivity contribution >= 4 is 29.2 Å². The number of esters is 1. The highest BCUT2D eigenvalue weighted by Crippen LogP contribution is 2.40. The van der Waals surface area contributed by atoms with E-state index in [2.05, 4.69) is 0 Å². The lowest BCUT2D eigenvalue weighted by Gasteiger charge is -2.23. The summed E-state index contributed by atoms with van der Waals surface area (Å²) < 4.78 is 12.8. The zero-order valence-corrected chi connectivity index (χ0v) is 16.1. The van der Waals surface area contributed by atoms with Gasteiger partial charge in [0.25, 0.3) is 5.56 Å². The molecule has 7 heteroatoms. The van der Waals surface area contributed by atoms with Gasteiger partial charge >= 0.3 is 5.97 Å². The van der Waals surface area contributed by atoms with Crippen molar-refractivity contribution in [3.8, 4) is 17.1 Å². The zero-order valence-electron chi connectivity index (χ0n) is 14.6. The number of carbonyl (C=O) groups is 1. The monoisotopic (exact) mass is 403 g/mol. The molecule has 4 rings (SSSR count). The minimum Gasteiger partial charge on any atom is -0.460 e. The van der Waals surface area contributed by atoms with Gasteiger partial charge in [-0.15, -0.1) is 0 Å². The molecule has 0 unspecified atom stereocenters. The third-order valence-electron chi connectivity index (χ3n) is 4.78. The number of nitrogens with zero attached hydrogens (tertiary/aromatic N) is 1. The van der Waals surface area contributed by atoms with E-state index in [1.807, 2.05) is 0 Å². The van der Waals surface area contributed by atoms with E-state index in [1.165, 1.54) is 4.57 Å². The Bertz CT molecular complexity index is 1130. The first-order chi connectivity index (χ1) is 12.8. The summed E-state index contributed by atoms with van der Waals surface area (Å²) in [5.74, 6) is 0.424. The van der Waals surface area contributed by atoms with Gasteiger partial charge in [0.05, 0.1) is 22.9 Å². The molecule has 0 radical (unpaired) electrons. The molecule has 0 N–H and O–H groups in total. The third kappa shape index (κ3) is 3.07. The highest BCUT2D eigenvalue weighted by molar-refractivity contribution is 6.36. The number of aromatic nitrogens is 1. The van der Waals surface area contributed by atoms with Crippen LogP contribution in [0.4, 0.5) is 0 Å². The number of hydrogen-bond acceptors (Lipinski definition) is 4. The van der Waals surface area contributed by atoms with E-state index in [1.54, 1.807) is 50.4 Å². The Hall–Kier alpha value is -2.50. The Morgan fingerprint density at radius 2 is 1.89 bits per heavy atom. The van der Waals surface area contributed by atoms with Crippen molar-refractivity contribution in [1.82, 2.24) is 4.57 Å². The van der Waals surface area contributed by atoms with Crippen molar-refractivity contribution in [3.05, 3.63) is 73.8 Å². The van der Waals surface area contributed by atoms with Gasteiger partial charge in [0.2, 0.25) is 0 Å². The van der Waals surface area contributed by atoms with Crippen molar-refractivity contribution in [3.63, 3.8) is 0 Å². The Kier molecular flexibility index (Phi) is 4.36. The van der Waals surface area contributed by atoms with Crippen LogP contribution in [0, 0.1) is 6.92 Å². The van der Waals surface area contributed by atoms with Gasteiger partial charge in [0.1, 0.15) is 17.3 Å². The van der Waals surface area contributed by atoms with Crippen molar-refractivity contribution in [2.24, 2.45) is 7.05 Å². The maximum atomic E-state index is 12.8. The van der Waals surface area contributed by atoms with Crippen LogP contribution in [0.3, 0.4) is 0 Å².